The van der Waals surface area contributed by atoms with Crippen LogP contribution in [0.2, 0.25) is 0 Å². The average molecular weight is 209 g/mol. The lowest BCUT2D eigenvalue weighted by Gasteiger charge is -2.18. The first-order valence-electron chi connectivity index (χ1n) is 5.54. The Hall–Kier alpha value is -1.09. The molecule has 0 aromatic carbocycles. The van der Waals surface area contributed by atoms with Crippen molar-refractivity contribution in [3.63, 3.8) is 0 Å². The van der Waals surface area contributed by atoms with Gasteiger partial charge in [-0.2, -0.15) is 0 Å². The summed E-state index contributed by atoms with van der Waals surface area (Å²) in [5.41, 5.74) is 0.494. The van der Waals surface area contributed by atoms with Crippen LogP contribution >= 0.6 is 0 Å². The van der Waals surface area contributed by atoms with Gasteiger partial charge in [0.2, 0.25) is 0 Å². The first-order chi connectivity index (χ1) is 7.24. The van der Waals surface area contributed by atoms with Gasteiger partial charge >= 0.3 is 5.97 Å². The van der Waals surface area contributed by atoms with Gasteiger partial charge in [0.1, 0.15) is 0 Å². The highest BCUT2D eigenvalue weighted by atomic mass is 16.4. The summed E-state index contributed by atoms with van der Waals surface area (Å²) in [6.45, 7) is 2.53. The Bertz CT molecular complexity index is 269. The lowest BCUT2D eigenvalue weighted by molar-refractivity contribution is -0.132. The average Bonchev–Trinajstić information content (AvgIpc) is 2.25. The molecule has 84 valence electrons. The molecular weight excluding hydrogens is 190 g/mol. The molecule has 1 atom stereocenters. The van der Waals surface area contributed by atoms with Crippen LogP contribution in [0.4, 0.5) is 0 Å². The summed E-state index contributed by atoms with van der Waals surface area (Å²) in [6.07, 6.45) is 10.1. The molecular formula is C12H19NO2. The normalized spacial score (nSPS) is 21.7. The van der Waals surface area contributed by atoms with Crippen LogP contribution < -0.4 is 5.32 Å². The minimum Gasteiger partial charge on any atom is -0.478 e. The molecule has 0 saturated heterocycles. The van der Waals surface area contributed by atoms with Crippen LogP contribution in [0.5, 0.6) is 0 Å². The van der Waals surface area contributed by atoms with Gasteiger partial charge in [0.15, 0.2) is 0 Å². The summed E-state index contributed by atoms with van der Waals surface area (Å²) in [4.78, 5) is 10.7. The van der Waals surface area contributed by atoms with Gasteiger partial charge in [-0.1, -0.05) is 25.2 Å². The number of carbonyl (C=O) groups is 1. The molecule has 1 aliphatic rings. The van der Waals surface area contributed by atoms with Crippen LogP contribution in [0, 0.1) is 0 Å². The molecule has 1 rings (SSSR count). The summed E-state index contributed by atoms with van der Waals surface area (Å²) < 4.78 is 0. The van der Waals surface area contributed by atoms with E-state index in [1.807, 2.05) is 6.92 Å². The minimum atomic E-state index is -0.803. The third-order valence-corrected chi connectivity index (χ3v) is 2.68. The predicted octanol–water partition coefficient (Wildman–Crippen LogP) is 2.11. The topological polar surface area (TPSA) is 49.3 Å². The molecule has 0 aromatic rings. The number of carboxylic acid groups (broad SMARTS) is 1. The Morgan fingerprint density at radius 2 is 2.40 bits per heavy atom. The molecule has 2 N–H and O–H groups in total. The van der Waals surface area contributed by atoms with E-state index in [9.17, 15) is 4.79 Å². The lowest BCUT2D eigenvalue weighted by atomic mass is 10.0. The molecule has 1 unspecified atom stereocenters. The van der Waals surface area contributed by atoms with Crippen molar-refractivity contribution in [1.82, 2.24) is 5.32 Å². The standard InChI is InChI=1S/C12H19NO2/c1-2-10(12(14)15)8-9-13-11-6-4-3-5-7-11/h3-4,8,11,13H,2,5-7,9H2,1H3,(H,14,15)/b10-8-. The van der Waals surface area contributed by atoms with Crippen LogP contribution in [-0.2, 0) is 4.79 Å². The van der Waals surface area contributed by atoms with Crippen LogP contribution in [0.25, 0.3) is 0 Å². The van der Waals surface area contributed by atoms with Crippen LogP contribution in [0.1, 0.15) is 32.6 Å². The first-order valence-corrected chi connectivity index (χ1v) is 5.54. The van der Waals surface area contributed by atoms with Crippen molar-refractivity contribution in [1.29, 1.82) is 0 Å². The SMILES string of the molecule is CC/C(=C/CNC1CC=CCC1)C(=O)O. The van der Waals surface area contributed by atoms with Crippen molar-refractivity contribution in [2.75, 3.05) is 6.54 Å². The third kappa shape index (κ3) is 4.30. The Balaban J connectivity index is 2.30. The summed E-state index contributed by atoms with van der Waals surface area (Å²) >= 11 is 0. The summed E-state index contributed by atoms with van der Waals surface area (Å²) in [5, 5.41) is 12.2. The lowest BCUT2D eigenvalue weighted by Crippen LogP contribution is -2.30. The maximum Gasteiger partial charge on any atom is 0.331 e. The highest BCUT2D eigenvalue weighted by Crippen LogP contribution is 2.10. The number of aliphatic carboxylic acids is 1. The van der Waals surface area contributed by atoms with E-state index >= 15 is 0 Å². The largest absolute Gasteiger partial charge is 0.478 e. The molecule has 0 heterocycles. The molecule has 0 spiro atoms. The van der Waals surface area contributed by atoms with Crippen molar-refractivity contribution in [2.24, 2.45) is 0 Å². The summed E-state index contributed by atoms with van der Waals surface area (Å²) in [5.74, 6) is -0.803. The van der Waals surface area contributed by atoms with E-state index in [1.54, 1.807) is 6.08 Å². The maximum atomic E-state index is 10.7. The van der Waals surface area contributed by atoms with E-state index in [2.05, 4.69) is 17.5 Å². The molecule has 0 saturated carbocycles. The molecule has 0 amide bonds. The quantitative estimate of drug-likeness (QED) is 0.538. The maximum absolute atomic E-state index is 10.7. The molecule has 0 fully saturated rings. The van der Waals surface area contributed by atoms with Crippen molar-refractivity contribution in [3.05, 3.63) is 23.8 Å². The molecule has 0 radical (unpaired) electrons. The highest BCUT2D eigenvalue weighted by Gasteiger charge is 2.08. The zero-order valence-electron chi connectivity index (χ0n) is 9.20. The van der Waals surface area contributed by atoms with E-state index in [4.69, 9.17) is 5.11 Å². The smallest absolute Gasteiger partial charge is 0.331 e. The minimum absolute atomic E-state index is 0.494. The third-order valence-electron chi connectivity index (χ3n) is 2.68. The van der Waals surface area contributed by atoms with Gasteiger partial charge in [0.25, 0.3) is 0 Å². The number of hydrogen-bond acceptors (Lipinski definition) is 2. The van der Waals surface area contributed by atoms with E-state index in [-0.39, 0.29) is 0 Å². The number of nitrogens with one attached hydrogen (secondary N) is 1. The van der Waals surface area contributed by atoms with Gasteiger partial charge in [-0.15, -0.1) is 0 Å². The second kappa shape index (κ2) is 6.40. The Morgan fingerprint density at radius 3 is 2.93 bits per heavy atom. The first kappa shape index (κ1) is 12.0. The second-order valence-electron chi connectivity index (χ2n) is 3.78. The fourth-order valence-corrected chi connectivity index (χ4v) is 1.71. The molecule has 1 aliphatic carbocycles. The molecule has 15 heavy (non-hydrogen) atoms. The van der Waals surface area contributed by atoms with E-state index in [0.29, 0.717) is 24.6 Å². The summed E-state index contributed by atoms with van der Waals surface area (Å²) in [7, 11) is 0. The number of carboxylic acids is 1. The van der Waals surface area contributed by atoms with Crippen LogP contribution in [0.3, 0.4) is 0 Å². The predicted molar refractivity (Wildman–Crippen MR) is 60.8 cm³/mol. The summed E-state index contributed by atoms with van der Waals surface area (Å²) in [6, 6.07) is 0.512. The van der Waals surface area contributed by atoms with E-state index in [0.717, 1.165) is 19.3 Å². The van der Waals surface area contributed by atoms with Gasteiger partial charge in [0.05, 0.1) is 0 Å². The zero-order valence-corrected chi connectivity index (χ0v) is 9.20. The number of allylic oxidation sites excluding steroid dienone is 1. The Labute approximate surface area is 90.9 Å². The molecule has 0 bridgehead atoms. The monoisotopic (exact) mass is 209 g/mol. The highest BCUT2D eigenvalue weighted by molar-refractivity contribution is 5.86. The van der Waals surface area contributed by atoms with Crippen molar-refractivity contribution in [2.45, 2.75) is 38.6 Å². The fourth-order valence-electron chi connectivity index (χ4n) is 1.71. The van der Waals surface area contributed by atoms with Gasteiger partial charge in [0, 0.05) is 18.2 Å². The van der Waals surface area contributed by atoms with E-state index < -0.39 is 5.97 Å². The van der Waals surface area contributed by atoms with Crippen LogP contribution in [0.15, 0.2) is 23.8 Å². The molecule has 3 heteroatoms. The fraction of sp³-hybridized carbons (Fsp3) is 0.583. The molecule has 0 aromatic heterocycles. The zero-order chi connectivity index (χ0) is 11.1. The van der Waals surface area contributed by atoms with Gasteiger partial charge in [-0.3, -0.25) is 0 Å². The number of rotatable bonds is 5. The van der Waals surface area contributed by atoms with Crippen molar-refractivity contribution in [3.8, 4) is 0 Å². The molecule has 3 nitrogen and oxygen atoms in total. The van der Waals surface area contributed by atoms with Gasteiger partial charge in [-0.25, -0.2) is 4.79 Å². The van der Waals surface area contributed by atoms with E-state index in [1.165, 1.54) is 0 Å². The second-order valence-corrected chi connectivity index (χ2v) is 3.78. The van der Waals surface area contributed by atoms with Crippen molar-refractivity contribution < 1.29 is 9.90 Å². The Kier molecular flexibility index (Phi) is 5.12. The van der Waals surface area contributed by atoms with Gasteiger partial charge < -0.3 is 10.4 Å². The van der Waals surface area contributed by atoms with Crippen LogP contribution in [-0.4, -0.2) is 23.7 Å². The van der Waals surface area contributed by atoms with Gasteiger partial charge in [-0.05, 0) is 25.7 Å². The number of hydrogen-bond donors (Lipinski definition) is 2. The Morgan fingerprint density at radius 1 is 1.60 bits per heavy atom. The van der Waals surface area contributed by atoms with Crippen molar-refractivity contribution >= 4 is 5.97 Å². The molecule has 0 aliphatic heterocycles.